The van der Waals surface area contributed by atoms with Crippen LogP contribution in [-0.4, -0.2) is 13.2 Å². The molecular weight excluding hydrogens is 212 g/mol. The number of ether oxygens (including phenoxy) is 1. The van der Waals surface area contributed by atoms with Gasteiger partial charge in [-0.1, -0.05) is 6.92 Å². The molecule has 0 aliphatic carbocycles. The maximum absolute atomic E-state index is 13.7. The minimum Gasteiger partial charge on any atom is -0.491 e. The average Bonchev–Trinajstić information content (AvgIpc) is 2.26. The second-order valence-electron chi connectivity index (χ2n) is 3.86. The molecule has 1 rings (SSSR count). The molecule has 0 saturated carbocycles. The van der Waals surface area contributed by atoms with E-state index in [-0.39, 0.29) is 11.8 Å². The van der Waals surface area contributed by atoms with Crippen molar-refractivity contribution in [3.05, 3.63) is 28.8 Å². The Morgan fingerprint density at radius 2 is 2.06 bits per heavy atom. The maximum Gasteiger partial charge on any atom is 0.190 e. The lowest BCUT2D eigenvalue weighted by molar-refractivity contribution is 0.357. The number of hydrogen-bond acceptors (Lipinski definition) is 2. The van der Waals surface area contributed by atoms with Crippen LogP contribution in [0, 0.1) is 18.6 Å². The highest BCUT2D eigenvalue weighted by Crippen LogP contribution is 2.27. The van der Waals surface area contributed by atoms with Crippen LogP contribution in [0.1, 0.15) is 24.5 Å². The van der Waals surface area contributed by atoms with Crippen molar-refractivity contribution < 1.29 is 13.5 Å². The predicted molar refractivity (Wildman–Crippen MR) is 59.6 cm³/mol. The second-order valence-corrected chi connectivity index (χ2v) is 3.86. The molecule has 0 spiro atoms. The van der Waals surface area contributed by atoms with Gasteiger partial charge in [-0.2, -0.15) is 0 Å². The third-order valence-electron chi connectivity index (χ3n) is 2.74. The van der Waals surface area contributed by atoms with E-state index in [9.17, 15) is 8.78 Å². The van der Waals surface area contributed by atoms with Gasteiger partial charge in [0, 0.05) is 6.04 Å². The van der Waals surface area contributed by atoms with Crippen molar-refractivity contribution in [2.24, 2.45) is 5.73 Å². The summed E-state index contributed by atoms with van der Waals surface area (Å²) in [6.45, 7) is 3.55. The van der Waals surface area contributed by atoms with E-state index in [4.69, 9.17) is 5.73 Å². The highest BCUT2D eigenvalue weighted by atomic mass is 19.1. The summed E-state index contributed by atoms with van der Waals surface area (Å²) in [4.78, 5) is 0. The van der Waals surface area contributed by atoms with Gasteiger partial charge in [0.25, 0.3) is 0 Å². The Bertz CT molecular complexity index is 380. The number of hydrogen-bond donors (Lipinski definition) is 1. The average molecular weight is 229 g/mol. The second kappa shape index (κ2) is 5.25. The lowest BCUT2D eigenvalue weighted by Gasteiger charge is -2.14. The molecule has 0 aliphatic heterocycles. The molecule has 0 saturated heterocycles. The molecule has 1 aromatic rings. The topological polar surface area (TPSA) is 35.2 Å². The van der Waals surface area contributed by atoms with Gasteiger partial charge in [0.1, 0.15) is 0 Å². The molecule has 0 aliphatic rings. The SMILES string of the molecule is CCC(N)Cc1cc(F)c(OC)c(F)c1C. The Balaban J connectivity index is 3.13. The highest BCUT2D eigenvalue weighted by Gasteiger charge is 2.17. The van der Waals surface area contributed by atoms with Gasteiger partial charge in [0.05, 0.1) is 7.11 Å². The zero-order valence-corrected chi connectivity index (χ0v) is 9.81. The molecule has 1 aromatic carbocycles. The first kappa shape index (κ1) is 12.9. The fourth-order valence-corrected chi connectivity index (χ4v) is 1.57. The summed E-state index contributed by atoms with van der Waals surface area (Å²) < 4.78 is 31.8. The van der Waals surface area contributed by atoms with E-state index >= 15 is 0 Å². The van der Waals surface area contributed by atoms with Gasteiger partial charge in [-0.25, -0.2) is 8.78 Å². The minimum absolute atomic E-state index is 0.0779. The zero-order chi connectivity index (χ0) is 12.3. The molecule has 4 heteroatoms. The third kappa shape index (κ3) is 2.50. The van der Waals surface area contributed by atoms with Crippen LogP contribution in [0.4, 0.5) is 8.78 Å². The number of methoxy groups -OCH3 is 1. The summed E-state index contributed by atoms with van der Waals surface area (Å²) in [6, 6.07) is 1.22. The Morgan fingerprint density at radius 3 is 2.56 bits per heavy atom. The Hall–Kier alpha value is -1.16. The maximum atomic E-state index is 13.7. The Kier molecular flexibility index (Phi) is 4.24. The van der Waals surface area contributed by atoms with Crippen molar-refractivity contribution in [2.45, 2.75) is 32.7 Å². The molecule has 0 radical (unpaired) electrons. The van der Waals surface area contributed by atoms with Crippen LogP contribution < -0.4 is 10.5 Å². The first-order valence-corrected chi connectivity index (χ1v) is 5.28. The van der Waals surface area contributed by atoms with Crippen LogP contribution in [0.25, 0.3) is 0 Å². The third-order valence-corrected chi connectivity index (χ3v) is 2.74. The summed E-state index contributed by atoms with van der Waals surface area (Å²) in [5.41, 5.74) is 6.78. The zero-order valence-electron chi connectivity index (χ0n) is 9.81. The number of halogens is 2. The predicted octanol–water partition coefficient (Wildman–Crippen LogP) is 2.56. The van der Waals surface area contributed by atoms with Gasteiger partial charge in [-0.05, 0) is 37.0 Å². The van der Waals surface area contributed by atoms with Gasteiger partial charge in [-0.15, -0.1) is 0 Å². The lowest BCUT2D eigenvalue weighted by atomic mass is 9.99. The van der Waals surface area contributed by atoms with Gasteiger partial charge in [0.2, 0.25) is 0 Å². The fourth-order valence-electron chi connectivity index (χ4n) is 1.57. The minimum atomic E-state index is -0.677. The van der Waals surface area contributed by atoms with Crippen molar-refractivity contribution in [3.63, 3.8) is 0 Å². The highest BCUT2D eigenvalue weighted by molar-refractivity contribution is 5.38. The Labute approximate surface area is 94.4 Å². The summed E-state index contributed by atoms with van der Waals surface area (Å²) in [5, 5.41) is 0. The molecule has 0 aromatic heterocycles. The molecular formula is C12H17F2NO. The molecule has 1 unspecified atom stereocenters. The fraction of sp³-hybridized carbons (Fsp3) is 0.500. The number of benzene rings is 1. The normalized spacial score (nSPS) is 12.6. The molecule has 0 bridgehead atoms. The van der Waals surface area contributed by atoms with Gasteiger partial charge >= 0.3 is 0 Å². The summed E-state index contributed by atoms with van der Waals surface area (Å²) in [6.07, 6.45) is 1.24. The quantitative estimate of drug-likeness (QED) is 0.861. The largest absolute Gasteiger partial charge is 0.491 e. The van der Waals surface area contributed by atoms with Crippen molar-refractivity contribution in [1.82, 2.24) is 0 Å². The van der Waals surface area contributed by atoms with Gasteiger partial charge in [0.15, 0.2) is 17.4 Å². The molecule has 1 atom stereocenters. The van der Waals surface area contributed by atoms with E-state index < -0.39 is 11.6 Å². The summed E-state index contributed by atoms with van der Waals surface area (Å²) >= 11 is 0. The van der Waals surface area contributed by atoms with Gasteiger partial charge in [-0.3, -0.25) is 0 Å². The molecule has 0 amide bonds. The molecule has 16 heavy (non-hydrogen) atoms. The summed E-state index contributed by atoms with van der Waals surface area (Å²) in [5.74, 6) is -1.64. The van der Waals surface area contributed by atoms with Crippen molar-refractivity contribution >= 4 is 0 Å². The van der Waals surface area contributed by atoms with E-state index in [0.29, 0.717) is 17.5 Å². The van der Waals surface area contributed by atoms with Crippen LogP contribution >= 0.6 is 0 Å². The molecule has 0 fully saturated rings. The standard InChI is InChI=1S/C12H17F2NO/c1-4-9(15)5-8-6-10(13)12(16-3)11(14)7(8)2/h6,9H,4-5,15H2,1-3H3. The molecule has 2 nitrogen and oxygen atoms in total. The smallest absolute Gasteiger partial charge is 0.190 e. The van der Waals surface area contributed by atoms with Gasteiger partial charge < -0.3 is 10.5 Å². The van der Waals surface area contributed by atoms with Crippen molar-refractivity contribution in [1.29, 1.82) is 0 Å². The first-order valence-electron chi connectivity index (χ1n) is 5.28. The van der Waals surface area contributed by atoms with E-state index in [1.807, 2.05) is 6.92 Å². The van der Waals surface area contributed by atoms with E-state index in [2.05, 4.69) is 4.74 Å². The van der Waals surface area contributed by atoms with Crippen LogP contribution in [0.5, 0.6) is 5.75 Å². The number of rotatable bonds is 4. The first-order chi connectivity index (χ1) is 7.51. The lowest BCUT2D eigenvalue weighted by Crippen LogP contribution is -2.22. The molecule has 0 heterocycles. The van der Waals surface area contributed by atoms with E-state index in [1.165, 1.54) is 13.2 Å². The molecule has 90 valence electrons. The van der Waals surface area contributed by atoms with Crippen LogP contribution in [0.15, 0.2) is 6.07 Å². The summed E-state index contributed by atoms with van der Waals surface area (Å²) in [7, 11) is 1.25. The van der Waals surface area contributed by atoms with Crippen molar-refractivity contribution in [3.8, 4) is 5.75 Å². The van der Waals surface area contributed by atoms with Crippen molar-refractivity contribution in [2.75, 3.05) is 7.11 Å². The van der Waals surface area contributed by atoms with Crippen LogP contribution in [0.3, 0.4) is 0 Å². The Morgan fingerprint density at radius 1 is 1.44 bits per heavy atom. The monoisotopic (exact) mass is 229 g/mol. The van der Waals surface area contributed by atoms with Crippen LogP contribution in [-0.2, 0) is 6.42 Å². The van der Waals surface area contributed by atoms with E-state index in [0.717, 1.165) is 6.42 Å². The van der Waals surface area contributed by atoms with Crippen LogP contribution in [0.2, 0.25) is 0 Å². The van der Waals surface area contributed by atoms with E-state index in [1.54, 1.807) is 6.92 Å². The molecule has 2 N–H and O–H groups in total. The number of nitrogens with two attached hydrogens (primary N) is 1.